The summed E-state index contributed by atoms with van der Waals surface area (Å²) in [6.45, 7) is 1.10. The van der Waals surface area contributed by atoms with E-state index in [4.69, 9.17) is 31.6 Å². The van der Waals surface area contributed by atoms with Crippen molar-refractivity contribution in [2.24, 2.45) is 10.8 Å². The second-order valence-corrected chi connectivity index (χ2v) is 2.80. The van der Waals surface area contributed by atoms with Crippen LogP contribution in [0.5, 0.6) is 0 Å². The zero-order valence-electron chi connectivity index (χ0n) is 9.27. The molecule has 0 spiro atoms. The minimum absolute atomic E-state index is 0. The van der Waals surface area contributed by atoms with Crippen LogP contribution < -0.4 is 12.4 Å². The van der Waals surface area contributed by atoms with Gasteiger partial charge in [0.25, 0.3) is 0 Å². The number of hydrogen-bond acceptors (Lipinski definition) is 6. The number of rotatable bonds is 2. The summed E-state index contributed by atoms with van der Waals surface area (Å²) >= 11 is 0. The van der Waals surface area contributed by atoms with Gasteiger partial charge in [0, 0.05) is 0 Å². The first-order chi connectivity index (χ1) is 7.52. The van der Waals surface area contributed by atoms with Crippen LogP contribution in [0, 0.1) is 84.7 Å². The maximum atomic E-state index is 8.75. The molecule has 0 aliphatic heterocycles. The summed E-state index contributed by atoms with van der Waals surface area (Å²) in [7, 11) is 0. The van der Waals surface area contributed by atoms with Crippen molar-refractivity contribution in [3.63, 3.8) is 0 Å². The molecule has 6 nitrogen and oxygen atoms in total. The molecule has 0 aromatic carbocycles. The fraction of sp³-hybridized carbons (Fsp3) is 0.300. The van der Waals surface area contributed by atoms with Gasteiger partial charge in [0.1, 0.15) is 10.8 Å². The van der Waals surface area contributed by atoms with Crippen LogP contribution in [0.1, 0.15) is 6.92 Å². The Bertz CT molecular complexity index is 422. The van der Waals surface area contributed by atoms with Gasteiger partial charge >= 0.3 is 19.5 Å². The van der Waals surface area contributed by atoms with E-state index in [9.17, 15) is 0 Å². The molecule has 0 heterocycles. The molecular weight excluding hydrogens is 305 g/mol. The first-order valence-electron chi connectivity index (χ1n) is 3.84. The molecule has 0 N–H and O–H groups in total. The fourth-order valence-corrected chi connectivity index (χ4v) is 0.934. The summed E-state index contributed by atoms with van der Waals surface area (Å²) in [6, 6.07) is 8.46. The largest absolute Gasteiger partial charge is 2.00 e. The Morgan fingerprint density at radius 3 is 0.944 bits per heavy atom. The van der Waals surface area contributed by atoms with Crippen molar-refractivity contribution in [1.29, 1.82) is 31.6 Å². The van der Waals surface area contributed by atoms with Crippen LogP contribution in [0.4, 0.5) is 0 Å². The van der Waals surface area contributed by atoms with Crippen LogP contribution >= 0.6 is 0 Å². The van der Waals surface area contributed by atoms with E-state index < -0.39 is 10.8 Å². The minimum Gasteiger partial charge on any atom is -1.00 e. The molecule has 0 aliphatic carbocycles. The van der Waals surface area contributed by atoms with E-state index in [-0.39, 0.29) is 37.8 Å². The molecule has 18 heavy (non-hydrogen) atoms. The van der Waals surface area contributed by atoms with Crippen LogP contribution in [0.2, 0.25) is 0 Å². The topological polar surface area (TPSA) is 143 Å². The minimum atomic E-state index is -2.26. The molecule has 0 saturated heterocycles. The first kappa shape index (κ1) is 21.2. The average Bonchev–Trinajstić information content (AvgIpc) is 2.35. The SMILES string of the molecule is C[C-](C(C#N)(C#N)C#N)C(C#N)(C#N)C#N.[Cl-].[Zn+2]. The van der Waals surface area contributed by atoms with Gasteiger partial charge in [-0.2, -0.15) is 38.5 Å². The van der Waals surface area contributed by atoms with Gasteiger partial charge in [-0.15, -0.1) is 0 Å². The third-order valence-electron chi connectivity index (χ3n) is 2.13. The Morgan fingerprint density at radius 1 is 0.667 bits per heavy atom. The zero-order chi connectivity index (χ0) is 12.8. The Labute approximate surface area is 123 Å². The van der Waals surface area contributed by atoms with Crippen LogP contribution in [-0.4, -0.2) is 0 Å². The van der Waals surface area contributed by atoms with Crippen molar-refractivity contribution >= 4 is 0 Å². The summed E-state index contributed by atoms with van der Waals surface area (Å²) in [5.41, 5.74) is -4.53. The Balaban J connectivity index is -0.00000112. The van der Waals surface area contributed by atoms with E-state index in [2.05, 4.69) is 0 Å². The van der Waals surface area contributed by atoms with Crippen LogP contribution in [0.25, 0.3) is 0 Å². The maximum absolute atomic E-state index is 8.75. The molecular formula is C10H3ClN6Zn. The monoisotopic (exact) mass is 306 g/mol. The molecule has 0 unspecified atom stereocenters. The van der Waals surface area contributed by atoms with Crippen LogP contribution in [-0.2, 0) is 19.5 Å². The molecule has 0 radical (unpaired) electrons. The van der Waals surface area contributed by atoms with Crippen molar-refractivity contribution in [3.05, 3.63) is 5.92 Å². The molecule has 0 rings (SSSR count). The summed E-state index contributed by atoms with van der Waals surface area (Å²) in [6.07, 6.45) is 0. The predicted octanol–water partition coefficient (Wildman–Crippen LogP) is -2.30. The zero-order valence-corrected chi connectivity index (χ0v) is 13.0. The van der Waals surface area contributed by atoms with Crippen molar-refractivity contribution in [2.75, 3.05) is 0 Å². The molecule has 0 aliphatic rings. The van der Waals surface area contributed by atoms with Gasteiger partial charge in [-0.1, -0.05) is 0 Å². The quantitative estimate of drug-likeness (QED) is 0.414. The number of halogens is 1. The van der Waals surface area contributed by atoms with E-state index >= 15 is 0 Å². The number of nitrogens with zero attached hydrogens (tertiary/aromatic N) is 6. The van der Waals surface area contributed by atoms with Gasteiger partial charge in [0.15, 0.2) is 0 Å². The number of nitriles is 6. The maximum Gasteiger partial charge on any atom is 2.00 e. The molecule has 0 atom stereocenters. The van der Waals surface area contributed by atoms with Crippen molar-refractivity contribution in [2.45, 2.75) is 6.92 Å². The van der Waals surface area contributed by atoms with Gasteiger partial charge in [-0.3, -0.25) is 0 Å². The van der Waals surface area contributed by atoms with Gasteiger partial charge in [-0.25, -0.2) is 5.92 Å². The Kier molecular flexibility index (Phi) is 9.43. The molecule has 0 aromatic rings. The van der Waals surface area contributed by atoms with E-state index in [0.717, 1.165) is 6.92 Å². The van der Waals surface area contributed by atoms with E-state index in [1.165, 1.54) is 36.4 Å². The van der Waals surface area contributed by atoms with E-state index in [0.29, 0.717) is 0 Å². The molecule has 82 valence electrons. The molecule has 0 fully saturated rings. The van der Waals surface area contributed by atoms with Crippen molar-refractivity contribution in [3.8, 4) is 36.4 Å². The average molecular weight is 308 g/mol. The van der Waals surface area contributed by atoms with Gasteiger partial charge in [0.2, 0.25) is 0 Å². The predicted molar refractivity (Wildman–Crippen MR) is 47.5 cm³/mol. The fourth-order valence-electron chi connectivity index (χ4n) is 0.934. The van der Waals surface area contributed by atoms with Gasteiger partial charge in [-0.05, 0) is 0 Å². The second kappa shape index (κ2) is 8.02. The van der Waals surface area contributed by atoms with E-state index in [1.807, 2.05) is 0 Å². The van der Waals surface area contributed by atoms with Crippen molar-refractivity contribution < 1.29 is 31.9 Å². The standard InChI is InChI=1S/C10H3N6.ClH.Zn/c1-8(9(2-11,3-12)4-13)10(5-14,6-15)7-16;;/h1H3;1H;/q-1;;+2/p-1. The summed E-state index contributed by atoms with van der Waals surface area (Å²) in [5.74, 6) is -0.389. The van der Waals surface area contributed by atoms with Crippen molar-refractivity contribution in [1.82, 2.24) is 0 Å². The third kappa shape index (κ3) is 2.95. The normalized spacial score (nSPS) is 8.67. The summed E-state index contributed by atoms with van der Waals surface area (Å²) < 4.78 is 0. The smallest absolute Gasteiger partial charge is 1.00 e. The van der Waals surface area contributed by atoms with Gasteiger partial charge < -0.3 is 12.4 Å². The molecule has 0 amide bonds. The Morgan fingerprint density at radius 2 is 0.833 bits per heavy atom. The second-order valence-electron chi connectivity index (χ2n) is 2.80. The Hall–Kier alpha value is -2.15. The number of hydrogen-bond donors (Lipinski definition) is 0. The van der Waals surface area contributed by atoms with Crippen LogP contribution in [0.3, 0.4) is 0 Å². The summed E-state index contributed by atoms with van der Waals surface area (Å²) in [5, 5.41) is 52.5. The molecule has 8 heteroatoms. The van der Waals surface area contributed by atoms with E-state index in [1.54, 1.807) is 0 Å². The molecule has 0 bridgehead atoms. The first-order valence-corrected chi connectivity index (χ1v) is 3.84. The van der Waals surface area contributed by atoms with Crippen LogP contribution in [0.15, 0.2) is 0 Å². The third-order valence-corrected chi connectivity index (χ3v) is 2.13. The summed E-state index contributed by atoms with van der Waals surface area (Å²) in [4.78, 5) is 0. The van der Waals surface area contributed by atoms with Gasteiger partial charge in [0.05, 0.1) is 36.4 Å². The molecule has 0 saturated carbocycles. The molecule has 0 aromatic heterocycles.